The van der Waals surface area contributed by atoms with Gasteiger partial charge in [-0.05, 0) is 13.8 Å². The Morgan fingerprint density at radius 1 is 1.21 bits per heavy atom. The fraction of sp³-hybridized carbons (Fsp3) is 0.222. The third-order valence-corrected chi connectivity index (χ3v) is 1.90. The van der Waals surface area contributed by atoms with Crippen LogP contribution in [0.1, 0.15) is 11.5 Å². The number of aromatic nitrogens is 3. The Bertz CT molecular complexity index is 443. The Morgan fingerprint density at radius 2 is 2.00 bits per heavy atom. The van der Waals surface area contributed by atoms with Gasteiger partial charge in [-0.25, -0.2) is 15.0 Å². The molecular formula is C9H10N4O. The molecule has 0 fully saturated rings. The smallest absolute Gasteiger partial charge is 0.231 e. The highest BCUT2D eigenvalue weighted by Gasteiger charge is 2.12. The molecule has 0 aliphatic rings. The van der Waals surface area contributed by atoms with Gasteiger partial charge in [0.1, 0.15) is 23.5 Å². The molecule has 0 aliphatic carbocycles. The molecule has 2 aromatic rings. The van der Waals surface area contributed by atoms with Gasteiger partial charge in [0, 0.05) is 0 Å². The Balaban J connectivity index is 2.61. The first-order chi connectivity index (χ1) is 6.68. The SMILES string of the molecule is Cc1cnc(-c2c(C)ncnc2N)o1. The fourth-order valence-electron chi connectivity index (χ4n) is 1.23. The summed E-state index contributed by atoms with van der Waals surface area (Å²) in [5.41, 5.74) is 7.14. The monoisotopic (exact) mass is 190 g/mol. The Kier molecular flexibility index (Phi) is 1.92. The average molecular weight is 190 g/mol. The summed E-state index contributed by atoms with van der Waals surface area (Å²) in [5.74, 6) is 1.60. The minimum Gasteiger partial charge on any atom is -0.441 e. The minimum atomic E-state index is 0.388. The number of nitrogen functional groups attached to an aromatic ring is 1. The van der Waals surface area contributed by atoms with Gasteiger partial charge in [0.15, 0.2) is 0 Å². The molecule has 0 aromatic carbocycles. The van der Waals surface area contributed by atoms with Gasteiger partial charge < -0.3 is 10.2 Å². The first-order valence-corrected chi connectivity index (χ1v) is 4.18. The van der Waals surface area contributed by atoms with Gasteiger partial charge in [0.2, 0.25) is 5.89 Å². The molecule has 2 heterocycles. The van der Waals surface area contributed by atoms with Gasteiger partial charge in [-0.3, -0.25) is 0 Å². The number of nitrogens with two attached hydrogens (primary N) is 1. The summed E-state index contributed by atoms with van der Waals surface area (Å²) in [5, 5.41) is 0. The van der Waals surface area contributed by atoms with Gasteiger partial charge in [0.25, 0.3) is 0 Å². The van der Waals surface area contributed by atoms with Crippen LogP contribution in [0.5, 0.6) is 0 Å². The highest BCUT2D eigenvalue weighted by molar-refractivity contribution is 5.68. The summed E-state index contributed by atoms with van der Waals surface area (Å²) in [6, 6.07) is 0. The average Bonchev–Trinajstić information content (AvgIpc) is 2.51. The molecule has 0 amide bonds. The van der Waals surface area contributed by atoms with E-state index in [4.69, 9.17) is 10.2 Å². The number of oxazole rings is 1. The molecule has 0 aliphatic heterocycles. The van der Waals surface area contributed by atoms with Crippen LogP contribution in [0.3, 0.4) is 0 Å². The molecule has 0 atom stereocenters. The largest absolute Gasteiger partial charge is 0.441 e. The van der Waals surface area contributed by atoms with Gasteiger partial charge in [-0.2, -0.15) is 0 Å². The molecule has 0 bridgehead atoms. The van der Waals surface area contributed by atoms with Crippen molar-refractivity contribution >= 4 is 5.82 Å². The summed E-state index contributed by atoms with van der Waals surface area (Å²) in [6.45, 7) is 3.67. The van der Waals surface area contributed by atoms with Crippen LogP contribution in [0.15, 0.2) is 16.9 Å². The summed E-state index contributed by atoms with van der Waals surface area (Å²) in [7, 11) is 0. The van der Waals surface area contributed by atoms with Crippen LogP contribution in [-0.4, -0.2) is 15.0 Å². The van der Waals surface area contributed by atoms with E-state index in [1.165, 1.54) is 6.33 Å². The maximum atomic E-state index is 5.71. The maximum Gasteiger partial charge on any atom is 0.231 e. The summed E-state index contributed by atoms with van der Waals surface area (Å²) in [4.78, 5) is 12.0. The quantitative estimate of drug-likeness (QED) is 0.733. The Labute approximate surface area is 81.0 Å². The van der Waals surface area contributed by atoms with E-state index in [-0.39, 0.29) is 0 Å². The van der Waals surface area contributed by atoms with E-state index in [0.717, 1.165) is 11.5 Å². The Hall–Kier alpha value is -1.91. The van der Waals surface area contributed by atoms with Gasteiger partial charge in [-0.15, -0.1) is 0 Å². The van der Waals surface area contributed by atoms with Crippen molar-refractivity contribution in [2.75, 3.05) is 5.73 Å². The molecule has 0 spiro atoms. The summed E-state index contributed by atoms with van der Waals surface area (Å²) in [6.07, 6.45) is 3.06. The number of aryl methyl sites for hydroxylation is 2. The topological polar surface area (TPSA) is 77.8 Å². The van der Waals surface area contributed by atoms with Crippen LogP contribution < -0.4 is 5.73 Å². The van der Waals surface area contributed by atoms with Crippen LogP contribution in [-0.2, 0) is 0 Å². The first-order valence-electron chi connectivity index (χ1n) is 4.18. The van der Waals surface area contributed by atoms with Crippen LogP contribution in [0.4, 0.5) is 5.82 Å². The predicted octanol–water partition coefficient (Wildman–Crippen LogP) is 1.33. The molecule has 2 N–H and O–H groups in total. The molecule has 0 saturated heterocycles. The zero-order valence-corrected chi connectivity index (χ0v) is 7.98. The molecule has 0 saturated carbocycles. The molecule has 2 rings (SSSR count). The lowest BCUT2D eigenvalue weighted by atomic mass is 10.2. The lowest BCUT2D eigenvalue weighted by Crippen LogP contribution is -1.98. The van der Waals surface area contributed by atoms with Crippen molar-refractivity contribution in [3.8, 4) is 11.5 Å². The zero-order valence-electron chi connectivity index (χ0n) is 7.98. The van der Waals surface area contributed by atoms with E-state index in [1.54, 1.807) is 6.20 Å². The molecule has 5 nitrogen and oxygen atoms in total. The molecular weight excluding hydrogens is 180 g/mol. The lowest BCUT2D eigenvalue weighted by molar-refractivity contribution is 0.542. The van der Waals surface area contributed by atoms with E-state index in [9.17, 15) is 0 Å². The second-order valence-electron chi connectivity index (χ2n) is 3.00. The lowest BCUT2D eigenvalue weighted by Gasteiger charge is -2.02. The van der Waals surface area contributed by atoms with Crippen molar-refractivity contribution in [2.45, 2.75) is 13.8 Å². The zero-order chi connectivity index (χ0) is 10.1. The third kappa shape index (κ3) is 1.32. The minimum absolute atomic E-state index is 0.388. The summed E-state index contributed by atoms with van der Waals surface area (Å²) < 4.78 is 5.36. The molecule has 2 aromatic heterocycles. The third-order valence-electron chi connectivity index (χ3n) is 1.90. The number of hydrogen-bond acceptors (Lipinski definition) is 5. The highest BCUT2D eigenvalue weighted by Crippen LogP contribution is 2.25. The van der Waals surface area contributed by atoms with Crippen molar-refractivity contribution in [3.63, 3.8) is 0 Å². The van der Waals surface area contributed by atoms with Crippen molar-refractivity contribution in [2.24, 2.45) is 0 Å². The molecule has 0 unspecified atom stereocenters. The van der Waals surface area contributed by atoms with Crippen LogP contribution in [0.2, 0.25) is 0 Å². The van der Waals surface area contributed by atoms with Crippen LogP contribution in [0, 0.1) is 13.8 Å². The van der Waals surface area contributed by atoms with Gasteiger partial charge >= 0.3 is 0 Å². The fourth-order valence-corrected chi connectivity index (χ4v) is 1.23. The second kappa shape index (κ2) is 3.10. The van der Waals surface area contributed by atoms with Crippen molar-refractivity contribution in [1.82, 2.24) is 15.0 Å². The predicted molar refractivity (Wildman–Crippen MR) is 51.4 cm³/mol. The van der Waals surface area contributed by atoms with Crippen molar-refractivity contribution < 1.29 is 4.42 Å². The van der Waals surface area contributed by atoms with Crippen LogP contribution in [0.25, 0.3) is 11.5 Å². The molecule has 14 heavy (non-hydrogen) atoms. The molecule has 72 valence electrons. The van der Waals surface area contributed by atoms with E-state index >= 15 is 0 Å². The number of anilines is 1. The van der Waals surface area contributed by atoms with Gasteiger partial charge in [0.05, 0.1) is 11.9 Å². The van der Waals surface area contributed by atoms with E-state index in [1.807, 2.05) is 13.8 Å². The second-order valence-corrected chi connectivity index (χ2v) is 3.00. The summed E-state index contributed by atoms with van der Waals surface area (Å²) >= 11 is 0. The van der Waals surface area contributed by atoms with E-state index < -0.39 is 0 Å². The van der Waals surface area contributed by atoms with E-state index in [2.05, 4.69) is 15.0 Å². The number of rotatable bonds is 1. The number of nitrogens with zero attached hydrogens (tertiary/aromatic N) is 3. The van der Waals surface area contributed by atoms with Crippen LogP contribution >= 0.6 is 0 Å². The number of hydrogen-bond donors (Lipinski definition) is 1. The first kappa shape index (κ1) is 8.68. The Morgan fingerprint density at radius 3 is 2.57 bits per heavy atom. The van der Waals surface area contributed by atoms with Gasteiger partial charge in [-0.1, -0.05) is 0 Å². The van der Waals surface area contributed by atoms with Crippen molar-refractivity contribution in [3.05, 3.63) is 24.0 Å². The maximum absolute atomic E-state index is 5.71. The standard InChI is InChI=1S/C9H10N4O/c1-5-3-11-9(14-5)7-6(2)12-4-13-8(7)10/h3-4H,1-2H3,(H2,10,12,13). The molecule has 0 radical (unpaired) electrons. The van der Waals surface area contributed by atoms with Crippen molar-refractivity contribution in [1.29, 1.82) is 0 Å². The normalized spacial score (nSPS) is 10.4. The van der Waals surface area contributed by atoms with E-state index in [0.29, 0.717) is 17.3 Å². The molecule has 5 heteroatoms. The highest BCUT2D eigenvalue weighted by atomic mass is 16.4.